The van der Waals surface area contributed by atoms with E-state index in [1.54, 1.807) is 6.07 Å². The van der Waals surface area contributed by atoms with Crippen molar-refractivity contribution in [3.8, 4) is 6.07 Å². The Balaban J connectivity index is 1.63. The lowest BCUT2D eigenvalue weighted by molar-refractivity contribution is 0.0913. The van der Waals surface area contributed by atoms with Crippen molar-refractivity contribution in [3.63, 3.8) is 0 Å². The average molecular weight is 393 g/mol. The lowest BCUT2D eigenvalue weighted by Gasteiger charge is -2.24. The molecule has 1 fully saturated rings. The van der Waals surface area contributed by atoms with Crippen LogP contribution in [0.2, 0.25) is 0 Å². The fraction of sp³-hybridized carbons (Fsp3) is 0.520. The molecule has 154 valence electrons. The van der Waals surface area contributed by atoms with Gasteiger partial charge in [0.05, 0.1) is 6.07 Å². The predicted molar refractivity (Wildman–Crippen MR) is 115 cm³/mol. The number of furan rings is 1. The first kappa shape index (κ1) is 21.2. The highest BCUT2D eigenvalue weighted by atomic mass is 16.3. The summed E-state index contributed by atoms with van der Waals surface area (Å²) in [5, 5.41) is 12.0. The molecule has 0 spiro atoms. The van der Waals surface area contributed by atoms with Gasteiger partial charge >= 0.3 is 0 Å². The molecule has 0 atom stereocenters. The van der Waals surface area contributed by atoms with E-state index in [2.05, 4.69) is 46.0 Å². The quantitative estimate of drug-likeness (QED) is 0.733. The summed E-state index contributed by atoms with van der Waals surface area (Å²) in [6, 6.07) is 6.04. The zero-order valence-electron chi connectivity index (χ0n) is 18.3. The van der Waals surface area contributed by atoms with Crippen LogP contribution >= 0.6 is 0 Å². The highest BCUT2D eigenvalue weighted by molar-refractivity contribution is 5.91. The van der Waals surface area contributed by atoms with E-state index in [0.717, 1.165) is 31.4 Å². The van der Waals surface area contributed by atoms with E-state index in [1.165, 1.54) is 33.4 Å². The summed E-state index contributed by atoms with van der Waals surface area (Å²) >= 11 is 0. The molecule has 0 radical (unpaired) electrons. The Bertz CT molecular complexity index is 911. The second-order valence-electron chi connectivity index (χ2n) is 8.60. The summed E-state index contributed by atoms with van der Waals surface area (Å²) in [6.45, 7) is 11.5. The second-order valence-corrected chi connectivity index (χ2v) is 8.60. The number of benzene rings is 1. The number of carbonyl (C=O) groups is 1. The molecule has 1 aromatic heterocycles. The van der Waals surface area contributed by atoms with Gasteiger partial charge in [0.15, 0.2) is 5.76 Å². The number of hydrogen-bond donors (Lipinski definition) is 1. The van der Waals surface area contributed by atoms with Crippen molar-refractivity contribution in [2.45, 2.75) is 66.7 Å². The van der Waals surface area contributed by atoms with Crippen molar-refractivity contribution in [2.75, 3.05) is 6.54 Å². The highest BCUT2D eigenvalue weighted by Gasteiger charge is 2.22. The van der Waals surface area contributed by atoms with Gasteiger partial charge in [-0.3, -0.25) is 4.79 Å². The van der Waals surface area contributed by atoms with Crippen molar-refractivity contribution in [1.82, 2.24) is 5.32 Å². The lowest BCUT2D eigenvalue weighted by atomic mass is 9.83. The third-order valence-corrected chi connectivity index (χ3v) is 6.97. The molecule has 1 aliphatic rings. The van der Waals surface area contributed by atoms with Crippen LogP contribution in [0.25, 0.3) is 0 Å². The molecular formula is C25H32N2O2. The molecule has 1 amide bonds. The van der Waals surface area contributed by atoms with Crippen LogP contribution in [0.3, 0.4) is 0 Å². The second kappa shape index (κ2) is 8.86. The first-order valence-corrected chi connectivity index (χ1v) is 10.6. The maximum atomic E-state index is 12.5. The van der Waals surface area contributed by atoms with E-state index < -0.39 is 0 Å². The van der Waals surface area contributed by atoms with Crippen molar-refractivity contribution < 1.29 is 9.21 Å². The molecule has 2 aromatic rings. The molecule has 0 bridgehead atoms. The van der Waals surface area contributed by atoms with Crippen LogP contribution in [-0.2, 0) is 6.42 Å². The fourth-order valence-electron chi connectivity index (χ4n) is 4.43. The van der Waals surface area contributed by atoms with E-state index in [4.69, 9.17) is 9.68 Å². The van der Waals surface area contributed by atoms with Crippen LogP contribution < -0.4 is 5.32 Å². The monoisotopic (exact) mass is 392 g/mol. The van der Waals surface area contributed by atoms with E-state index in [0.29, 0.717) is 24.6 Å². The first-order chi connectivity index (χ1) is 13.8. The molecule has 29 heavy (non-hydrogen) atoms. The van der Waals surface area contributed by atoms with Crippen molar-refractivity contribution in [2.24, 2.45) is 11.8 Å². The van der Waals surface area contributed by atoms with Gasteiger partial charge in [-0.15, -0.1) is 0 Å². The molecular weight excluding hydrogens is 360 g/mol. The fourth-order valence-corrected chi connectivity index (χ4v) is 4.43. The maximum absolute atomic E-state index is 12.5. The molecule has 0 aliphatic heterocycles. The van der Waals surface area contributed by atoms with Gasteiger partial charge in [-0.2, -0.15) is 5.26 Å². The van der Waals surface area contributed by atoms with Crippen LogP contribution in [-0.4, -0.2) is 12.5 Å². The molecule has 1 aliphatic carbocycles. The zero-order chi connectivity index (χ0) is 21.1. The van der Waals surface area contributed by atoms with Gasteiger partial charge in [-0.1, -0.05) is 0 Å². The average Bonchev–Trinajstić information content (AvgIpc) is 3.21. The van der Waals surface area contributed by atoms with Crippen LogP contribution in [0, 0.1) is 57.8 Å². The Labute approximate surface area is 174 Å². The van der Waals surface area contributed by atoms with Crippen LogP contribution in [0.4, 0.5) is 0 Å². The third kappa shape index (κ3) is 4.56. The van der Waals surface area contributed by atoms with Crippen molar-refractivity contribution in [1.29, 1.82) is 5.26 Å². The third-order valence-electron chi connectivity index (χ3n) is 6.97. The van der Waals surface area contributed by atoms with Crippen LogP contribution in [0.15, 0.2) is 16.5 Å². The number of amides is 1. The number of hydrogen-bond acceptors (Lipinski definition) is 3. The molecule has 1 aromatic carbocycles. The molecule has 1 N–H and O–H groups in total. The normalized spacial score (nSPS) is 19.0. The largest absolute Gasteiger partial charge is 0.456 e. The molecule has 1 saturated carbocycles. The van der Waals surface area contributed by atoms with Crippen molar-refractivity contribution in [3.05, 3.63) is 57.0 Å². The zero-order valence-corrected chi connectivity index (χ0v) is 18.3. The van der Waals surface area contributed by atoms with Gasteiger partial charge in [0.25, 0.3) is 5.91 Å². The minimum Gasteiger partial charge on any atom is -0.456 e. The number of rotatable bonds is 5. The van der Waals surface area contributed by atoms with E-state index in [9.17, 15) is 4.79 Å². The van der Waals surface area contributed by atoms with Gasteiger partial charge in [0.1, 0.15) is 5.76 Å². The molecule has 4 nitrogen and oxygen atoms in total. The smallest absolute Gasteiger partial charge is 0.287 e. The number of nitrogens with zero attached hydrogens (tertiary/aromatic N) is 1. The van der Waals surface area contributed by atoms with Crippen LogP contribution in [0.5, 0.6) is 0 Å². The summed E-state index contributed by atoms with van der Waals surface area (Å²) in [7, 11) is 0. The van der Waals surface area contributed by atoms with Gasteiger partial charge in [-0.25, -0.2) is 0 Å². The van der Waals surface area contributed by atoms with Gasteiger partial charge in [0, 0.05) is 18.9 Å². The van der Waals surface area contributed by atoms with E-state index >= 15 is 0 Å². The Morgan fingerprint density at radius 3 is 2.17 bits per heavy atom. The predicted octanol–water partition coefficient (Wildman–Crippen LogP) is 5.47. The topological polar surface area (TPSA) is 66.0 Å². The Hall–Kier alpha value is -2.54. The van der Waals surface area contributed by atoms with Crippen molar-refractivity contribution >= 4 is 5.91 Å². The van der Waals surface area contributed by atoms with Crippen LogP contribution in [0.1, 0.15) is 75.4 Å². The number of carbonyl (C=O) groups excluding carboxylic acids is 1. The van der Waals surface area contributed by atoms with Gasteiger partial charge < -0.3 is 9.73 Å². The SMILES string of the molecule is Cc1c(C)c(C)c(Cc2ccc(C(=O)NCC3CCC(C#N)CC3)o2)c(C)c1C. The molecule has 3 rings (SSSR count). The minimum atomic E-state index is -0.150. The van der Waals surface area contributed by atoms with E-state index in [1.807, 2.05) is 6.07 Å². The summed E-state index contributed by atoms with van der Waals surface area (Å²) in [5.74, 6) is 1.70. The molecule has 0 saturated heterocycles. The van der Waals surface area contributed by atoms with Gasteiger partial charge in [-0.05, 0) is 112 Å². The number of nitrogens with one attached hydrogen (secondary N) is 1. The molecule has 4 heteroatoms. The van der Waals surface area contributed by atoms with Gasteiger partial charge in [0.2, 0.25) is 0 Å². The Morgan fingerprint density at radius 1 is 1.00 bits per heavy atom. The molecule has 0 unspecified atom stereocenters. The summed E-state index contributed by atoms with van der Waals surface area (Å²) in [6.07, 6.45) is 4.59. The Morgan fingerprint density at radius 2 is 1.59 bits per heavy atom. The minimum absolute atomic E-state index is 0.150. The Kier molecular flexibility index (Phi) is 6.47. The lowest BCUT2D eigenvalue weighted by Crippen LogP contribution is -2.31. The first-order valence-electron chi connectivity index (χ1n) is 10.6. The van der Waals surface area contributed by atoms with E-state index in [-0.39, 0.29) is 11.8 Å². The highest BCUT2D eigenvalue weighted by Crippen LogP contribution is 2.29. The molecule has 1 heterocycles. The number of nitriles is 1. The maximum Gasteiger partial charge on any atom is 0.287 e. The summed E-state index contributed by atoms with van der Waals surface area (Å²) in [5.41, 5.74) is 7.92. The summed E-state index contributed by atoms with van der Waals surface area (Å²) in [4.78, 5) is 12.5. The summed E-state index contributed by atoms with van der Waals surface area (Å²) < 4.78 is 5.89. The standard InChI is InChI=1S/C25H32N2O2/c1-15-16(2)18(4)23(19(5)17(15)3)12-22-10-11-24(29-22)25(28)27-14-21-8-6-20(13-26)7-9-21/h10-11,20-21H,6-9,12,14H2,1-5H3,(H,27,28).